The molecule has 0 radical (unpaired) electrons. The Hall–Kier alpha value is -5.66. The van der Waals surface area contributed by atoms with E-state index in [0.717, 1.165) is 71.0 Å². The lowest BCUT2D eigenvalue weighted by Gasteiger charge is -2.26. The number of nitrogens with one attached hydrogen (secondary N) is 4. The smallest absolute Gasteiger partial charge is 0.407 e. The number of carbonyl (C=O) groups is 4. The SMILES string of the molecule is CCOC(=O)N[C@@H](C)C(=O)N1CCC[C@H]1c1ncc(-c2ccc(-c3ccc(-c4cnc([C@@H]5CCCN5C(=O)[C@H](C)NC(=O)OCC)[nH]4)cc3)cc2)[nH]1. The molecular formula is C38H46N8O6. The van der Waals surface area contributed by atoms with E-state index in [-0.39, 0.29) is 37.1 Å². The highest BCUT2D eigenvalue weighted by Gasteiger charge is 2.36. The van der Waals surface area contributed by atoms with Gasteiger partial charge < -0.3 is 39.9 Å². The van der Waals surface area contributed by atoms with Gasteiger partial charge in [0.05, 0.1) is 49.1 Å². The van der Waals surface area contributed by atoms with Crippen molar-refractivity contribution in [1.82, 2.24) is 40.4 Å². The number of ether oxygens (including phenoxy) is 2. The molecule has 4 atom stereocenters. The number of aromatic amines is 2. The Balaban J connectivity index is 1.08. The standard InChI is InChI=1S/C38H46N8O6/c1-5-51-37(49)41-23(3)35(47)45-19-7-9-31(45)33-39-21-29(43-33)27-15-11-25(12-16-27)26-13-17-28(18-14-26)30-22-40-34(44-30)32-10-8-20-46(32)36(48)24(4)42-38(50)52-6-2/h11-18,21-24,31-32H,5-10,19-20H2,1-4H3,(H,39,43)(H,40,44)(H,41,49)(H,42,50)/t23-,24-,31-,32-/m0/s1. The largest absolute Gasteiger partial charge is 0.450 e. The molecule has 2 aliphatic rings. The van der Waals surface area contributed by atoms with E-state index >= 15 is 0 Å². The fraction of sp³-hybridized carbons (Fsp3) is 0.421. The van der Waals surface area contributed by atoms with Crippen LogP contribution in [0.2, 0.25) is 0 Å². The van der Waals surface area contributed by atoms with Crippen LogP contribution < -0.4 is 10.6 Å². The number of H-pyrrole nitrogens is 2. The molecular weight excluding hydrogens is 664 g/mol. The zero-order valence-electron chi connectivity index (χ0n) is 30.0. The summed E-state index contributed by atoms with van der Waals surface area (Å²) < 4.78 is 9.86. The number of carbonyl (C=O) groups excluding carboxylic acids is 4. The number of amides is 4. The molecule has 2 aromatic heterocycles. The van der Waals surface area contributed by atoms with Gasteiger partial charge in [-0.25, -0.2) is 19.6 Å². The van der Waals surface area contributed by atoms with Crippen molar-refractivity contribution in [1.29, 1.82) is 0 Å². The lowest BCUT2D eigenvalue weighted by atomic mass is 10.0. The zero-order valence-corrected chi connectivity index (χ0v) is 30.0. The van der Waals surface area contributed by atoms with Crippen LogP contribution in [0.5, 0.6) is 0 Å². The van der Waals surface area contributed by atoms with Crippen molar-refractivity contribution in [3.8, 4) is 33.6 Å². The van der Waals surface area contributed by atoms with Gasteiger partial charge in [-0.1, -0.05) is 48.5 Å². The first-order valence-electron chi connectivity index (χ1n) is 17.9. The minimum Gasteiger partial charge on any atom is -0.450 e. The van der Waals surface area contributed by atoms with Crippen LogP contribution in [0.25, 0.3) is 33.6 Å². The average molecular weight is 711 g/mol. The normalized spacial score (nSPS) is 18.2. The summed E-state index contributed by atoms with van der Waals surface area (Å²) in [5, 5.41) is 5.21. The van der Waals surface area contributed by atoms with Crippen LogP contribution in [0.4, 0.5) is 9.59 Å². The van der Waals surface area contributed by atoms with Gasteiger partial charge in [0.15, 0.2) is 0 Å². The van der Waals surface area contributed by atoms with Crippen LogP contribution in [0.1, 0.15) is 77.1 Å². The van der Waals surface area contributed by atoms with E-state index in [1.165, 1.54) is 0 Å². The van der Waals surface area contributed by atoms with Crippen molar-refractivity contribution in [3.63, 3.8) is 0 Å². The van der Waals surface area contributed by atoms with Gasteiger partial charge in [-0.15, -0.1) is 0 Å². The third-order valence-corrected chi connectivity index (χ3v) is 9.58. The quantitative estimate of drug-likeness (QED) is 0.153. The van der Waals surface area contributed by atoms with Crippen molar-refractivity contribution < 1.29 is 28.7 Å². The van der Waals surface area contributed by atoms with Crippen molar-refractivity contribution >= 4 is 24.0 Å². The number of hydrogen-bond donors (Lipinski definition) is 4. The molecule has 4 N–H and O–H groups in total. The maximum absolute atomic E-state index is 13.2. The minimum absolute atomic E-state index is 0.166. The average Bonchev–Trinajstić information content (AvgIpc) is 3.98. The highest BCUT2D eigenvalue weighted by Crippen LogP contribution is 2.34. The molecule has 274 valence electrons. The third-order valence-electron chi connectivity index (χ3n) is 9.58. The molecule has 2 aliphatic heterocycles. The Bertz CT molecular complexity index is 1730. The van der Waals surface area contributed by atoms with E-state index < -0.39 is 24.3 Å². The summed E-state index contributed by atoms with van der Waals surface area (Å²) in [5.41, 5.74) is 5.78. The maximum atomic E-state index is 13.2. The first kappa shape index (κ1) is 36.1. The van der Waals surface area contributed by atoms with Crippen molar-refractivity contribution in [2.45, 2.75) is 77.5 Å². The minimum atomic E-state index is -0.703. The molecule has 2 fully saturated rings. The fourth-order valence-electron chi connectivity index (χ4n) is 6.94. The molecule has 2 aromatic carbocycles. The molecule has 0 unspecified atom stereocenters. The summed E-state index contributed by atoms with van der Waals surface area (Å²) in [6.45, 7) is 8.44. The van der Waals surface area contributed by atoms with Crippen LogP contribution in [-0.2, 0) is 19.1 Å². The predicted molar refractivity (Wildman–Crippen MR) is 194 cm³/mol. The number of imidazole rings is 2. The summed E-state index contributed by atoms with van der Waals surface area (Å²) in [5.74, 6) is 1.11. The number of likely N-dealkylation sites (tertiary alicyclic amines) is 2. The monoisotopic (exact) mass is 710 g/mol. The fourth-order valence-corrected chi connectivity index (χ4v) is 6.94. The second-order valence-corrected chi connectivity index (χ2v) is 13.1. The number of nitrogens with zero attached hydrogens (tertiary/aromatic N) is 4. The molecule has 14 heteroatoms. The van der Waals surface area contributed by atoms with Crippen LogP contribution in [0.15, 0.2) is 60.9 Å². The highest BCUT2D eigenvalue weighted by molar-refractivity contribution is 5.86. The summed E-state index contributed by atoms with van der Waals surface area (Å²) in [6, 6.07) is 14.6. The second kappa shape index (κ2) is 16.1. The maximum Gasteiger partial charge on any atom is 0.407 e. The van der Waals surface area contributed by atoms with Crippen LogP contribution in [0, 0.1) is 0 Å². The predicted octanol–water partition coefficient (Wildman–Crippen LogP) is 5.73. The van der Waals surface area contributed by atoms with Crippen molar-refractivity contribution in [2.24, 2.45) is 0 Å². The summed E-state index contributed by atoms with van der Waals surface area (Å²) >= 11 is 0. The van der Waals surface area contributed by atoms with Gasteiger partial charge in [0.1, 0.15) is 23.7 Å². The zero-order chi connectivity index (χ0) is 36.8. The van der Waals surface area contributed by atoms with E-state index in [0.29, 0.717) is 13.1 Å². The summed E-state index contributed by atoms with van der Waals surface area (Å²) in [4.78, 5) is 69.6. The van der Waals surface area contributed by atoms with E-state index in [1.807, 2.05) is 24.3 Å². The molecule has 0 aliphatic carbocycles. The molecule has 2 saturated heterocycles. The number of rotatable bonds is 11. The van der Waals surface area contributed by atoms with E-state index in [1.54, 1.807) is 49.9 Å². The Labute approximate surface area is 302 Å². The first-order chi connectivity index (χ1) is 25.2. The lowest BCUT2D eigenvalue weighted by Crippen LogP contribution is -2.46. The molecule has 6 rings (SSSR count). The van der Waals surface area contributed by atoms with E-state index in [4.69, 9.17) is 9.47 Å². The topological polar surface area (TPSA) is 175 Å². The van der Waals surface area contributed by atoms with Crippen LogP contribution in [-0.4, -0.2) is 92.1 Å². The van der Waals surface area contributed by atoms with Gasteiger partial charge in [0, 0.05) is 13.1 Å². The highest BCUT2D eigenvalue weighted by atomic mass is 16.6. The molecule has 4 heterocycles. The van der Waals surface area contributed by atoms with Crippen LogP contribution >= 0.6 is 0 Å². The van der Waals surface area contributed by atoms with Gasteiger partial charge in [-0.3, -0.25) is 9.59 Å². The molecule has 4 amide bonds. The number of alkyl carbamates (subject to hydrolysis) is 2. The Morgan fingerprint density at radius 3 is 1.40 bits per heavy atom. The Morgan fingerprint density at radius 2 is 1.04 bits per heavy atom. The lowest BCUT2D eigenvalue weighted by molar-refractivity contribution is -0.134. The van der Waals surface area contributed by atoms with E-state index in [9.17, 15) is 19.2 Å². The molecule has 0 bridgehead atoms. The second-order valence-electron chi connectivity index (χ2n) is 13.1. The summed E-state index contributed by atoms with van der Waals surface area (Å²) in [6.07, 6.45) is 5.65. The number of aromatic nitrogens is 4. The first-order valence-corrected chi connectivity index (χ1v) is 17.9. The van der Waals surface area contributed by atoms with Gasteiger partial charge in [-0.2, -0.15) is 0 Å². The van der Waals surface area contributed by atoms with Crippen molar-refractivity contribution in [3.05, 3.63) is 72.6 Å². The van der Waals surface area contributed by atoms with Gasteiger partial charge >= 0.3 is 12.2 Å². The molecule has 52 heavy (non-hydrogen) atoms. The molecule has 4 aromatic rings. The van der Waals surface area contributed by atoms with Crippen LogP contribution in [0.3, 0.4) is 0 Å². The molecule has 14 nitrogen and oxygen atoms in total. The number of benzene rings is 2. The molecule has 0 spiro atoms. The van der Waals surface area contributed by atoms with Gasteiger partial charge in [0.25, 0.3) is 0 Å². The third kappa shape index (κ3) is 7.95. The Kier molecular flexibility index (Phi) is 11.2. The summed E-state index contributed by atoms with van der Waals surface area (Å²) in [7, 11) is 0. The van der Waals surface area contributed by atoms with Gasteiger partial charge in [0.2, 0.25) is 11.8 Å². The van der Waals surface area contributed by atoms with Crippen molar-refractivity contribution in [2.75, 3.05) is 26.3 Å². The molecule has 0 saturated carbocycles. The Morgan fingerprint density at radius 1 is 0.673 bits per heavy atom. The number of hydrogen-bond acceptors (Lipinski definition) is 8. The van der Waals surface area contributed by atoms with E-state index in [2.05, 4.69) is 54.8 Å². The van der Waals surface area contributed by atoms with Gasteiger partial charge in [-0.05, 0) is 75.6 Å².